The van der Waals surface area contributed by atoms with E-state index in [4.69, 9.17) is 23.2 Å². The van der Waals surface area contributed by atoms with Gasteiger partial charge in [-0.1, -0.05) is 36.2 Å². The zero-order valence-electron chi connectivity index (χ0n) is 22.6. The molecule has 1 heterocycles. The van der Waals surface area contributed by atoms with Crippen molar-refractivity contribution >= 4 is 40.9 Å². The molecule has 2 bridgehead atoms. The molecule has 3 aliphatic rings. The molecule has 12 heteroatoms. The molecule has 2 aromatic rings. The van der Waals surface area contributed by atoms with Gasteiger partial charge < -0.3 is 10.0 Å². The highest BCUT2D eigenvalue weighted by Gasteiger charge is 2.53. The summed E-state index contributed by atoms with van der Waals surface area (Å²) in [5, 5.41) is 13.5. The molecule has 222 valence electrons. The maximum Gasteiger partial charge on any atom is 0.433 e. The van der Waals surface area contributed by atoms with Gasteiger partial charge in [-0.25, -0.2) is 0 Å². The van der Waals surface area contributed by atoms with Crippen LogP contribution in [0.15, 0.2) is 24.4 Å². The number of hydrogen-bond donors (Lipinski definition) is 1. The Morgan fingerprint density at radius 3 is 2.20 bits per heavy atom. The first-order valence-electron chi connectivity index (χ1n) is 13.9. The quantitative estimate of drug-likeness (QED) is 0.315. The second kappa shape index (κ2) is 10.9. The van der Waals surface area contributed by atoms with E-state index in [1.807, 2.05) is 0 Å². The lowest BCUT2D eigenvalue weighted by molar-refractivity contribution is -0.147. The predicted octanol–water partition coefficient (Wildman–Crippen LogP) is 7.32. The number of carboxylic acid groups (broad SMARTS) is 1. The predicted molar refractivity (Wildman–Crippen MR) is 146 cm³/mol. The van der Waals surface area contributed by atoms with Crippen molar-refractivity contribution in [2.24, 2.45) is 16.7 Å². The number of rotatable bonds is 8. The van der Waals surface area contributed by atoms with E-state index in [1.54, 1.807) is 6.07 Å². The number of carboxylic acids is 1. The second-order valence-corrected chi connectivity index (χ2v) is 13.2. The van der Waals surface area contributed by atoms with E-state index in [2.05, 4.69) is 12.0 Å². The van der Waals surface area contributed by atoms with E-state index in [0.717, 1.165) is 43.0 Å². The van der Waals surface area contributed by atoms with Gasteiger partial charge in [0.05, 0.1) is 45.9 Å². The van der Waals surface area contributed by atoms with Gasteiger partial charge in [-0.2, -0.15) is 18.3 Å². The number of ketones is 1. The zero-order chi connectivity index (χ0) is 29.7. The van der Waals surface area contributed by atoms with E-state index in [1.165, 1.54) is 17.0 Å². The van der Waals surface area contributed by atoms with E-state index in [0.29, 0.717) is 0 Å². The summed E-state index contributed by atoms with van der Waals surface area (Å²) in [6, 6.07) is 3.88. The lowest BCUT2D eigenvalue weighted by Crippen LogP contribution is -2.43. The Hall–Kier alpha value is -2.59. The first-order chi connectivity index (χ1) is 19.2. The summed E-state index contributed by atoms with van der Waals surface area (Å²) in [5.41, 5.74) is -1.92. The van der Waals surface area contributed by atoms with Crippen LogP contribution in [0.5, 0.6) is 0 Å². The third-order valence-corrected chi connectivity index (χ3v) is 10.0. The third kappa shape index (κ3) is 5.87. The second-order valence-electron chi connectivity index (χ2n) is 12.4. The van der Waals surface area contributed by atoms with Crippen LogP contribution in [-0.4, -0.2) is 50.5 Å². The summed E-state index contributed by atoms with van der Waals surface area (Å²) >= 11 is 12.5. The Kier molecular flexibility index (Phi) is 7.96. The molecular weight excluding hydrogens is 582 g/mol. The zero-order valence-corrected chi connectivity index (χ0v) is 24.2. The number of alkyl halides is 3. The largest absolute Gasteiger partial charge is 0.481 e. The van der Waals surface area contributed by atoms with Gasteiger partial charge in [0.15, 0.2) is 11.5 Å². The molecular formula is C29H32Cl2F3N3O4. The number of aromatic nitrogens is 2. The van der Waals surface area contributed by atoms with Crippen molar-refractivity contribution in [2.75, 3.05) is 13.1 Å². The number of Topliss-reactive ketones (excluding diaryl/α,β-unsaturated/α-hetero) is 1. The molecule has 1 amide bonds. The molecule has 0 radical (unpaired) electrons. The van der Waals surface area contributed by atoms with Crippen LogP contribution < -0.4 is 0 Å². The molecule has 41 heavy (non-hydrogen) atoms. The number of fused-ring (bicyclic) bond motifs is 2. The van der Waals surface area contributed by atoms with Gasteiger partial charge in [-0.3, -0.25) is 19.1 Å². The summed E-state index contributed by atoms with van der Waals surface area (Å²) in [7, 11) is 0. The fourth-order valence-electron chi connectivity index (χ4n) is 7.29. The Balaban J connectivity index is 1.49. The number of halogens is 5. The number of hydrogen-bond acceptors (Lipinski definition) is 4. The molecule has 0 spiro atoms. The van der Waals surface area contributed by atoms with Crippen LogP contribution in [-0.2, 0) is 11.0 Å². The van der Waals surface area contributed by atoms with Crippen molar-refractivity contribution in [1.29, 1.82) is 0 Å². The molecule has 0 aliphatic heterocycles. The Morgan fingerprint density at radius 2 is 1.68 bits per heavy atom. The van der Waals surface area contributed by atoms with Crippen LogP contribution >= 0.6 is 23.2 Å². The number of nitrogens with zero attached hydrogens (tertiary/aromatic N) is 3. The van der Waals surface area contributed by atoms with Crippen molar-refractivity contribution in [3.05, 3.63) is 51.3 Å². The Labute approximate surface area is 246 Å². The molecule has 1 N–H and O–H groups in total. The lowest BCUT2D eigenvalue weighted by Gasteiger charge is -2.34. The van der Waals surface area contributed by atoms with E-state index < -0.39 is 53.6 Å². The van der Waals surface area contributed by atoms with Crippen molar-refractivity contribution in [2.45, 2.75) is 76.9 Å². The minimum Gasteiger partial charge on any atom is -0.481 e. The minimum absolute atomic E-state index is 0.0238. The van der Waals surface area contributed by atoms with Crippen LogP contribution in [0.3, 0.4) is 0 Å². The highest BCUT2D eigenvalue weighted by Crippen LogP contribution is 2.61. The topological polar surface area (TPSA) is 92.5 Å². The highest BCUT2D eigenvalue weighted by molar-refractivity contribution is 6.40. The molecule has 0 atom stereocenters. The van der Waals surface area contributed by atoms with Crippen molar-refractivity contribution < 1.29 is 32.7 Å². The van der Waals surface area contributed by atoms with Crippen LogP contribution in [0, 0.1) is 16.7 Å². The van der Waals surface area contributed by atoms with Gasteiger partial charge >= 0.3 is 12.1 Å². The van der Waals surface area contributed by atoms with Crippen LogP contribution in [0.25, 0.3) is 0 Å². The van der Waals surface area contributed by atoms with E-state index in [9.17, 15) is 32.7 Å². The molecule has 3 fully saturated rings. The molecule has 7 nitrogen and oxygen atoms in total. The Morgan fingerprint density at radius 1 is 1.07 bits per heavy atom. The molecule has 5 rings (SSSR count). The summed E-state index contributed by atoms with van der Waals surface area (Å²) < 4.78 is 44.4. The molecule has 3 saturated carbocycles. The van der Waals surface area contributed by atoms with Crippen LogP contribution in [0.4, 0.5) is 13.2 Å². The normalized spacial score (nSPS) is 27.7. The summed E-state index contributed by atoms with van der Waals surface area (Å²) in [4.78, 5) is 40.0. The lowest BCUT2D eigenvalue weighted by atomic mass is 9.82. The monoisotopic (exact) mass is 613 g/mol. The van der Waals surface area contributed by atoms with Gasteiger partial charge in [-0.15, -0.1) is 0 Å². The number of carbonyl (C=O) groups excluding carboxylic acids is 2. The maximum atomic E-state index is 14.5. The number of aliphatic carboxylic acids is 1. The first-order valence-corrected chi connectivity index (χ1v) is 14.6. The molecule has 3 aliphatic carbocycles. The highest BCUT2D eigenvalue weighted by atomic mass is 35.5. The summed E-state index contributed by atoms with van der Waals surface area (Å²) in [5.74, 6) is -3.06. The summed E-state index contributed by atoms with van der Waals surface area (Å²) in [6.07, 6.45) is 1.29. The van der Waals surface area contributed by atoms with E-state index >= 15 is 0 Å². The van der Waals surface area contributed by atoms with Crippen molar-refractivity contribution in [1.82, 2.24) is 14.7 Å². The van der Waals surface area contributed by atoms with Crippen molar-refractivity contribution in [3.63, 3.8) is 0 Å². The number of carbonyl (C=O) groups is 3. The fourth-order valence-corrected chi connectivity index (χ4v) is 7.90. The van der Waals surface area contributed by atoms with Gasteiger partial charge in [0, 0.05) is 6.54 Å². The van der Waals surface area contributed by atoms with Crippen LogP contribution in [0.2, 0.25) is 10.0 Å². The fraction of sp³-hybridized carbons (Fsp3) is 0.586. The van der Waals surface area contributed by atoms with Gasteiger partial charge in [0.2, 0.25) is 0 Å². The maximum absolute atomic E-state index is 14.5. The third-order valence-electron chi connectivity index (χ3n) is 9.40. The molecule has 0 unspecified atom stereocenters. The number of benzene rings is 1. The van der Waals surface area contributed by atoms with Gasteiger partial charge in [-0.05, 0) is 80.8 Å². The van der Waals surface area contributed by atoms with Crippen LogP contribution in [0.1, 0.15) is 97.2 Å². The average molecular weight is 614 g/mol. The van der Waals surface area contributed by atoms with E-state index in [-0.39, 0.29) is 58.7 Å². The summed E-state index contributed by atoms with van der Waals surface area (Å²) in [6.45, 7) is 1.85. The van der Waals surface area contributed by atoms with Gasteiger partial charge in [0.25, 0.3) is 5.91 Å². The number of amides is 1. The average Bonchev–Trinajstić information content (AvgIpc) is 3.58. The molecule has 1 aromatic carbocycles. The Bertz CT molecular complexity index is 1340. The molecule has 1 aromatic heterocycles. The molecule has 0 saturated heterocycles. The smallest absolute Gasteiger partial charge is 0.433 e. The standard InChI is InChI=1S/C29H32Cl2F3N3O4/c1-27-9-11-28(15-27,12-10-27)16-36(14-22(38)23-20(30)3-2-4-21(23)31)25(39)19-13-35-37(24(19)29(32,33)34)18-7-5-17(6-8-18)26(40)41/h2-4,13,17-18H,5-12,14-16H2,1H3,(H,40,41)/t17?,18?,27-,28-. The minimum atomic E-state index is -4.90. The van der Waals surface area contributed by atoms with Gasteiger partial charge in [0.1, 0.15) is 0 Å². The first kappa shape index (κ1) is 29.9. The SMILES string of the molecule is C[C@]12CC[C@](CN(CC(=O)c3c(Cl)cccc3Cl)C(=O)c3cnn(C4CCC(C(=O)O)CC4)c3C(F)(F)F)(CC1)C2. The van der Waals surface area contributed by atoms with Crippen molar-refractivity contribution in [3.8, 4) is 0 Å².